The smallest absolute Gasteiger partial charge is 0.0484 e. The van der Waals surface area contributed by atoms with Crippen LogP contribution < -0.4 is 5.73 Å². The van der Waals surface area contributed by atoms with Crippen LogP contribution in [0, 0.1) is 6.92 Å². The van der Waals surface area contributed by atoms with Crippen LogP contribution >= 0.6 is 11.6 Å². The lowest BCUT2D eigenvalue weighted by atomic mass is 9.93. The predicted molar refractivity (Wildman–Crippen MR) is 90.8 cm³/mol. The topological polar surface area (TPSA) is 26.0 Å². The van der Waals surface area contributed by atoms with Crippen LogP contribution in [0.5, 0.6) is 0 Å². The summed E-state index contributed by atoms with van der Waals surface area (Å²) >= 11 is 6.28. The molecule has 1 atom stereocenters. The van der Waals surface area contributed by atoms with E-state index in [9.17, 15) is 0 Å². The molecule has 0 radical (unpaired) electrons. The van der Waals surface area contributed by atoms with E-state index in [1.165, 1.54) is 11.1 Å². The highest BCUT2D eigenvalue weighted by atomic mass is 35.5. The van der Waals surface area contributed by atoms with E-state index in [2.05, 4.69) is 37.3 Å². The van der Waals surface area contributed by atoms with Gasteiger partial charge in [-0.05, 0) is 41.5 Å². The van der Waals surface area contributed by atoms with E-state index in [0.29, 0.717) is 0 Å². The van der Waals surface area contributed by atoms with Gasteiger partial charge in [0.25, 0.3) is 0 Å². The summed E-state index contributed by atoms with van der Waals surface area (Å²) in [6.07, 6.45) is 0.832. The molecular weight excluding hydrogens is 278 g/mol. The number of halogens is 1. The Balaban J connectivity index is 2.01. The molecule has 2 heteroatoms. The normalized spacial score (nSPS) is 12.5. The number of rotatable bonds is 3. The average Bonchev–Trinajstić information content (AvgIpc) is 2.50. The monoisotopic (exact) mass is 295 g/mol. The summed E-state index contributed by atoms with van der Waals surface area (Å²) < 4.78 is 0. The number of nitrogens with two attached hydrogens (primary N) is 1. The van der Waals surface area contributed by atoms with Crippen molar-refractivity contribution in [1.82, 2.24) is 0 Å². The molecular formula is C19H18ClN. The van der Waals surface area contributed by atoms with Gasteiger partial charge in [0.15, 0.2) is 0 Å². The summed E-state index contributed by atoms with van der Waals surface area (Å²) in [4.78, 5) is 0. The molecule has 0 aliphatic carbocycles. The van der Waals surface area contributed by atoms with E-state index in [-0.39, 0.29) is 6.04 Å². The van der Waals surface area contributed by atoms with Crippen LogP contribution in [0.4, 0.5) is 0 Å². The van der Waals surface area contributed by atoms with E-state index >= 15 is 0 Å². The lowest BCUT2D eigenvalue weighted by molar-refractivity contribution is 0.725. The number of hydrogen-bond donors (Lipinski definition) is 1. The molecule has 3 aromatic rings. The molecule has 0 aliphatic heterocycles. The Kier molecular flexibility index (Phi) is 3.96. The molecule has 0 aliphatic rings. The van der Waals surface area contributed by atoms with Gasteiger partial charge in [-0.1, -0.05) is 66.2 Å². The number of fused-ring (bicyclic) bond motifs is 1. The highest BCUT2D eigenvalue weighted by Gasteiger charge is 2.13. The molecule has 2 N–H and O–H groups in total. The van der Waals surface area contributed by atoms with Crippen molar-refractivity contribution in [3.05, 3.63) is 82.4 Å². The van der Waals surface area contributed by atoms with Gasteiger partial charge < -0.3 is 5.73 Å². The summed E-state index contributed by atoms with van der Waals surface area (Å²) in [5.74, 6) is 0. The Morgan fingerprint density at radius 1 is 0.905 bits per heavy atom. The zero-order chi connectivity index (χ0) is 14.8. The quantitative estimate of drug-likeness (QED) is 0.719. The fraction of sp³-hybridized carbons (Fsp3) is 0.158. The van der Waals surface area contributed by atoms with Crippen molar-refractivity contribution in [2.45, 2.75) is 19.4 Å². The maximum absolute atomic E-state index is 6.47. The second-order valence-corrected chi connectivity index (χ2v) is 5.83. The Morgan fingerprint density at radius 3 is 2.33 bits per heavy atom. The minimum Gasteiger partial charge on any atom is -0.324 e. The SMILES string of the molecule is Cc1ccccc1CC(N)c1ccc(Cl)c2ccccc12. The predicted octanol–water partition coefficient (Wildman–Crippen LogP) is 5.04. The third kappa shape index (κ3) is 2.80. The molecule has 0 amide bonds. The van der Waals surface area contributed by atoms with E-state index in [4.69, 9.17) is 17.3 Å². The first-order valence-electron chi connectivity index (χ1n) is 7.14. The zero-order valence-corrected chi connectivity index (χ0v) is 12.8. The molecule has 0 saturated heterocycles. The first kappa shape index (κ1) is 14.1. The lowest BCUT2D eigenvalue weighted by Crippen LogP contribution is -2.14. The number of benzene rings is 3. The summed E-state index contributed by atoms with van der Waals surface area (Å²) in [7, 11) is 0. The molecule has 0 aromatic heterocycles. The van der Waals surface area contributed by atoms with Gasteiger partial charge in [-0.3, -0.25) is 0 Å². The Bertz CT molecular complexity index is 779. The van der Waals surface area contributed by atoms with Crippen LogP contribution in [-0.4, -0.2) is 0 Å². The number of hydrogen-bond acceptors (Lipinski definition) is 1. The standard InChI is InChI=1S/C19H18ClN/c1-13-6-2-3-7-14(13)12-19(21)17-10-11-18(20)16-9-5-4-8-15(16)17/h2-11,19H,12,21H2,1H3. The van der Waals surface area contributed by atoms with Gasteiger partial charge in [0.05, 0.1) is 0 Å². The molecule has 0 spiro atoms. The maximum Gasteiger partial charge on any atom is 0.0484 e. The Morgan fingerprint density at radius 2 is 1.57 bits per heavy atom. The summed E-state index contributed by atoms with van der Waals surface area (Å²) in [6.45, 7) is 2.13. The van der Waals surface area contributed by atoms with Crippen molar-refractivity contribution < 1.29 is 0 Å². The van der Waals surface area contributed by atoms with Gasteiger partial charge >= 0.3 is 0 Å². The zero-order valence-electron chi connectivity index (χ0n) is 12.0. The van der Waals surface area contributed by atoms with Crippen LogP contribution in [0.3, 0.4) is 0 Å². The summed E-state index contributed by atoms with van der Waals surface area (Å²) in [6, 6.07) is 20.5. The van der Waals surface area contributed by atoms with Crippen LogP contribution in [0.15, 0.2) is 60.7 Å². The highest BCUT2D eigenvalue weighted by molar-refractivity contribution is 6.35. The second kappa shape index (κ2) is 5.88. The molecule has 0 bridgehead atoms. The van der Waals surface area contributed by atoms with Gasteiger partial charge in [0, 0.05) is 16.5 Å². The van der Waals surface area contributed by atoms with E-state index in [1.807, 2.05) is 30.3 Å². The van der Waals surface area contributed by atoms with Gasteiger partial charge in [-0.25, -0.2) is 0 Å². The molecule has 0 fully saturated rings. The van der Waals surface area contributed by atoms with Crippen molar-refractivity contribution >= 4 is 22.4 Å². The van der Waals surface area contributed by atoms with Gasteiger partial charge in [0.1, 0.15) is 0 Å². The molecule has 1 unspecified atom stereocenters. The Hall–Kier alpha value is -1.83. The maximum atomic E-state index is 6.47. The van der Waals surface area contributed by atoms with Crippen LogP contribution in [0.1, 0.15) is 22.7 Å². The van der Waals surface area contributed by atoms with Gasteiger partial charge in [-0.15, -0.1) is 0 Å². The molecule has 3 aromatic carbocycles. The third-order valence-corrected chi connectivity index (χ3v) is 4.33. The first-order valence-corrected chi connectivity index (χ1v) is 7.52. The van der Waals surface area contributed by atoms with Crippen molar-refractivity contribution in [3.8, 4) is 0 Å². The fourth-order valence-corrected chi connectivity index (χ4v) is 3.02. The highest BCUT2D eigenvalue weighted by Crippen LogP contribution is 2.30. The van der Waals surface area contributed by atoms with Crippen molar-refractivity contribution in [2.75, 3.05) is 0 Å². The lowest BCUT2D eigenvalue weighted by Gasteiger charge is -2.17. The Labute approximate surface area is 130 Å². The van der Waals surface area contributed by atoms with E-state index in [0.717, 1.165) is 27.8 Å². The molecule has 0 saturated carbocycles. The largest absolute Gasteiger partial charge is 0.324 e. The van der Waals surface area contributed by atoms with Crippen LogP contribution in [0.25, 0.3) is 10.8 Å². The molecule has 3 rings (SSSR count). The van der Waals surface area contributed by atoms with Crippen LogP contribution in [-0.2, 0) is 6.42 Å². The molecule has 0 heterocycles. The fourth-order valence-electron chi connectivity index (χ4n) is 2.79. The second-order valence-electron chi connectivity index (χ2n) is 5.42. The molecule has 21 heavy (non-hydrogen) atoms. The summed E-state index contributed by atoms with van der Waals surface area (Å²) in [5, 5.41) is 2.99. The third-order valence-electron chi connectivity index (χ3n) is 4.01. The summed E-state index contributed by atoms with van der Waals surface area (Å²) in [5.41, 5.74) is 10.2. The minimum atomic E-state index is -0.0340. The van der Waals surface area contributed by atoms with Crippen molar-refractivity contribution in [1.29, 1.82) is 0 Å². The average molecular weight is 296 g/mol. The molecule has 106 valence electrons. The first-order chi connectivity index (χ1) is 10.2. The minimum absolute atomic E-state index is 0.0340. The van der Waals surface area contributed by atoms with E-state index < -0.39 is 0 Å². The van der Waals surface area contributed by atoms with E-state index in [1.54, 1.807) is 0 Å². The molecule has 1 nitrogen and oxygen atoms in total. The van der Waals surface area contributed by atoms with Crippen molar-refractivity contribution in [3.63, 3.8) is 0 Å². The van der Waals surface area contributed by atoms with Crippen LogP contribution in [0.2, 0.25) is 5.02 Å². The van der Waals surface area contributed by atoms with Gasteiger partial charge in [0.2, 0.25) is 0 Å². The number of aryl methyl sites for hydroxylation is 1. The van der Waals surface area contributed by atoms with Crippen molar-refractivity contribution in [2.24, 2.45) is 5.73 Å². The van der Waals surface area contributed by atoms with Gasteiger partial charge in [-0.2, -0.15) is 0 Å².